The van der Waals surface area contributed by atoms with E-state index in [1.54, 1.807) is 0 Å². The fourth-order valence-electron chi connectivity index (χ4n) is 0.839. The van der Waals surface area contributed by atoms with Crippen LogP contribution in [0.15, 0.2) is 24.3 Å². The van der Waals surface area contributed by atoms with Crippen molar-refractivity contribution in [3.63, 3.8) is 0 Å². The summed E-state index contributed by atoms with van der Waals surface area (Å²) in [5, 5.41) is 29.5. The predicted molar refractivity (Wildman–Crippen MR) is 51.5 cm³/mol. The molecule has 0 aliphatic heterocycles. The van der Waals surface area contributed by atoms with Gasteiger partial charge in [-0.1, -0.05) is 24.3 Å². The molecule has 17 heavy (non-hydrogen) atoms. The maximum Gasteiger partial charge on any atom is 2.00 e. The Balaban J connectivity index is 0. The second-order valence-electron chi connectivity index (χ2n) is 2.61. The van der Waals surface area contributed by atoms with E-state index in [0.717, 1.165) is 19.1 Å². The van der Waals surface area contributed by atoms with Gasteiger partial charge in [0, 0.05) is 17.1 Å². The zero-order valence-corrected chi connectivity index (χ0v) is 11.2. The molecule has 0 aliphatic carbocycles. The largest absolute Gasteiger partial charge is 2.00 e. The van der Waals surface area contributed by atoms with Crippen LogP contribution in [-0.4, -0.2) is 55.6 Å². The van der Waals surface area contributed by atoms with Gasteiger partial charge in [0.1, 0.15) is 0 Å². The Kier molecular flexibility index (Phi) is 9.64. The van der Waals surface area contributed by atoms with Crippen molar-refractivity contribution in [3.05, 3.63) is 35.4 Å². The summed E-state index contributed by atoms with van der Waals surface area (Å²) in [6.45, 7) is 0.972. The fraction of sp³-hybridized carbons (Fsp3) is 0.100. The third kappa shape index (κ3) is 7.73. The minimum atomic E-state index is -1.52. The maximum atomic E-state index is 10.3. The molecule has 6 nitrogen and oxygen atoms in total. The number of rotatable bonds is 2. The Morgan fingerprint density at radius 3 is 1.29 bits per heavy atom. The normalized spacial score (nSPS) is 8.06. The zero-order valence-electron chi connectivity index (χ0n) is 8.97. The molecule has 0 radical (unpaired) electrons. The zero-order chi connectivity index (χ0) is 12.7. The van der Waals surface area contributed by atoms with Crippen molar-refractivity contribution in [1.29, 1.82) is 0 Å². The van der Waals surface area contributed by atoms with Crippen molar-refractivity contribution in [2.45, 2.75) is 6.92 Å². The van der Waals surface area contributed by atoms with Gasteiger partial charge in [0.15, 0.2) is 0 Å². The molecular weight excluding hydrogens is 256 g/mol. The standard InChI is InChI=1S/C8H6O4.C2H4O2.Ca/c9-7(10)5-3-1-2-4-6(5)8(11)12;1-2(3)4;/h1-4H,(H,9,10)(H,11,12);1H3,(H,3,4);/q;;+2/p-3. The van der Waals surface area contributed by atoms with Gasteiger partial charge >= 0.3 is 37.7 Å². The van der Waals surface area contributed by atoms with Crippen LogP contribution < -0.4 is 15.3 Å². The molecule has 0 N–H and O–H groups in total. The van der Waals surface area contributed by atoms with Crippen molar-refractivity contribution in [3.8, 4) is 0 Å². The number of hydrogen-bond donors (Lipinski definition) is 0. The molecule has 0 aliphatic rings. The maximum absolute atomic E-state index is 10.3. The first kappa shape index (κ1) is 18.3. The van der Waals surface area contributed by atoms with Crippen LogP contribution in [0.2, 0.25) is 0 Å². The molecule has 0 bridgehead atoms. The average Bonchev–Trinajstić information content (AvgIpc) is 2.16. The summed E-state index contributed by atoms with van der Waals surface area (Å²) in [7, 11) is 0. The number of carbonyl (C=O) groups is 3. The molecule has 86 valence electrons. The van der Waals surface area contributed by atoms with Gasteiger partial charge in [0.2, 0.25) is 0 Å². The number of benzene rings is 1. The number of carbonyl (C=O) groups excluding carboxylic acids is 3. The number of carboxylic acid groups (broad SMARTS) is 3. The molecule has 0 fully saturated rings. The molecule has 0 heterocycles. The van der Waals surface area contributed by atoms with Gasteiger partial charge in [0.05, 0.1) is 11.9 Å². The molecule has 0 amide bonds. The third-order valence-electron chi connectivity index (χ3n) is 1.37. The average molecular weight is 263 g/mol. The van der Waals surface area contributed by atoms with Gasteiger partial charge < -0.3 is 29.7 Å². The summed E-state index contributed by atoms with van der Waals surface area (Å²) in [4.78, 5) is 29.5. The number of aromatic carboxylic acids is 2. The van der Waals surface area contributed by atoms with Crippen molar-refractivity contribution in [2.75, 3.05) is 0 Å². The van der Waals surface area contributed by atoms with Crippen molar-refractivity contribution in [1.82, 2.24) is 0 Å². The first-order valence-corrected chi connectivity index (χ1v) is 4.05. The third-order valence-corrected chi connectivity index (χ3v) is 1.37. The molecule has 0 spiro atoms. The van der Waals surface area contributed by atoms with Crippen LogP contribution in [0.5, 0.6) is 0 Å². The molecule has 0 unspecified atom stereocenters. The van der Waals surface area contributed by atoms with E-state index in [1.165, 1.54) is 12.1 Å². The molecule has 0 saturated heterocycles. The van der Waals surface area contributed by atoms with Crippen LogP contribution in [0.3, 0.4) is 0 Å². The molecule has 1 aromatic carbocycles. The van der Waals surface area contributed by atoms with Gasteiger partial charge in [-0.2, -0.15) is 0 Å². The Labute approximate surface area is 127 Å². The summed E-state index contributed by atoms with van der Waals surface area (Å²) in [6.07, 6.45) is 0. The van der Waals surface area contributed by atoms with Gasteiger partial charge in [-0.3, -0.25) is 0 Å². The first-order chi connectivity index (χ1) is 7.36. The van der Waals surface area contributed by atoms with Crippen molar-refractivity contribution < 1.29 is 29.7 Å². The van der Waals surface area contributed by atoms with Gasteiger partial charge in [-0.15, -0.1) is 0 Å². The summed E-state index contributed by atoms with van der Waals surface area (Å²) in [5.74, 6) is -4.12. The SMILES string of the molecule is CC(=O)[O-].O=C([O-])c1ccccc1C(=O)[O-].[Ca+2]. The number of aliphatic carboxylic acids is 1. The van der Waals surface area contributed by atoms with E-state index in [1.807, 2.05) is 0 Å². The second-order valence-corrected chi connectivity index (χ2v) is 2.61. The van der Waals surface area contributed by atoms with Gasteiger partial charge in [0.25, 0.3) is 0 Å². The predicted octanol–water partition coefficient (Wildman–Crippen LogP) is -3.21. The Morgan fingerprint density at radius 1 is 0.882 bits per heavy atom. The summed E-state index contributed by atoms with van der Waals surface area (Å²) in [5.41, 5.74) is -0.727. The van der Waals surface area contributed by atoms with E-state index in [0.29, 0.717) is 0 Å². The van der Waals surface area contributed by atoms with Crippen LogP contribution in [0.1, 0.15) is 27.6 Å². The first-order valence-electron chi connectivity index (χ1n) is 4.05. The van der Waals surface area contributed by atoms with Gasteiger partial charge in [-0.05, 0) is 6.92 Å². The summed E-state index contributed by atoms with van der Waals surface area (Å²) < 4.78 is 0. The van der Waals surface area contributed by atoms with Crippen molar-refractivity contribution >= 4 is 55.6 Å². The molecule has 0 atom stereocenters. The van der Waals surface area contributed by atoms with Crippen LogP contribution in [-0.2, 0) is 4.79 Å². The van der Waals surface area contributed by atoms with Crippen molar-refractivity contribution in [2.24, 2.45) is 0 Å². The van der Waals surface area contributed by atoms with Crippen LogP contribution in [0.25, 0.3) is 0 Å². The Hall–Kier alpha value is -1.11. The van der Waals surface area contributed by atoms with Crippen LogP contribution >= 0.6 is 0 Å². The van der Waals surface area contributed by atoms with E-state index >= 15 is 0 Å². The van der Waals surface area contributed by atoms with E-state index in [2.05, 4.69) is 0 Å². The molecule has 1 aromatic rings. The van der Waals surface area contributed by atoms with E-state index in [-0.39, 0.29) is 48.9 Å². The molecule has 1 rings (SSSR count). The number of carboxylic acids is 3. The second kappa shape index (κ2) is 8.98. The van der Waals surface area contributed by atoms with E-state index in [4.69, 9.17) is 9.90 Å². The molecule has 0 saturated carbocycles. The molecule has 7 heteroatoms. The monoisotopic (exact) mass is 263 g/mol. The Bertz CT molecular complexity index is 378. The van der Waals surface area contributed by atoms with E-state index < -0.39 is 17.9 Å². The number of hydrogen-bond acceptors (Lipinski definition) is 6. The van der Waals surface area contributed by atoms with E-state index in [9.17, 15) is 19.8 Å². The summed E-state index contributed by atoms with van der Waals surface area (Å²) in [6, 6.07) is 5.14. The fourth-order valence-corrected chi connectivity index (χ4v) is 0.839. The minimum Gasteiger partial charge on any atom is -0.550 e. The topological polar surface area (TPSA) is 120 Å². The molecule has 0 aromatic heterocycles. The smallest absolute Gasteiger partial charge is 0.550 e. The van der Waals surface area contributed by atoms with Crippen LogP contribution in [0.4, 0.5) is 0 Å². The molecular formula is C10H7CaO6-. The van der Waals surface area contributed by atoms with Crippen LogP contribution in [0, 0.1) is 0 Å². The minimum absolute atomic E-state index is 0. The Morgan fingerprint density at radius 2 is 1.12 bits per heavy atom. The summed E-state index contributed by atoms with van der Waals surface area (Å²) >= 11 is 0. The quantitative estimate of drug-likeness (QED) is 0.518. The van der Waals surface area contributed by atoms with Gasteiger partial charge in [-0.25, -0.2) is 0 Å².